The first-order valence-corrected chi connectivity index (χ1v) is 10.0. The Hall–Kier alpha value is -2.33. The van der Waals surface area contributed by atoms with E-state index in [-0.39, 0.29) is 6.54 Å². The van der Waals surface area contributed by atoms with Crippen LogP contribution in [0.25, 0.3) is 0 Å². The number of hydrazine groups is 1. The lowest BCUT2D eigenvalue weighted by atomic mass is 10.1. The van der Waals surface area contributed by atoms with Gasteiger partial charge in [0.2, 0.25) is 5.91 Å². The van der Waals surface area contributed by atoms with E-state index in [1.165, 1.54) is 7.11 Å². The summed E-state index contributed by atoms with van der Waals surface area (Å²) in [6, 6.07) is 13.3. The fourth-order valence-corrected chi connectivity index (χ4v) is 4.45. The summed E-state index contributed by atoms with van der Waals surface area (Å²) < 4.78 is 32.9. The second-order valence-corrected chi connectivity index (χ2v) is 8.11. The Morgan fingerprint density at radius 3 is 2.59 bits per heavy atom. The van der Waals surface area contributed by atoms with Crippen molar-refractivity contribution in [2.45, 2.75) is 5.37 Å². The lowest BCUT2D eigenvalue weighted by Crippen LogP contribution is -2.45. The van der Waals surface area contributed by atoms with Gasteiger partial charge >= 0.3 is 0 Å². The molecule has 0 spiro atoms. The monoisotopic (exact) mass is 410 g/mol. The Bertz CT molecular complexity index is 924. The van der Waals surface area contributed by atoms with Gasteiger partial charge in [0.05, 0.1) is 18.1 Å². The second kappa shape index (κ2) is 8.13. The highest BCUT2D eigenvalue weighted by Gasteiger charge is 2.41. The Morgan fingerprint density at radius 1 is 1.19 bits per heavy atom. The van der Waals surface area contributed by atoms with Crippen LogP contribution in [0.2, 0.25) is 5.02 Å². The molecule has 2 aromatic carbocycles. The molecule has 27 heavy (non-hydrogen) atoms. The topological polar surface area (TPSA) is 109 Å². The molecule has 1 aliphatic heterocycles. The molecule has 4 N–H and O–H groups in total. The summed E-state index contributed by atoms with van der Waals surface area (Å²) in [5, 5.41) is 1.90. The molecule has 1 amide bonds. The number of amides is 1. The minimum Gasteiger partial charge on any atom is -0.495 e. The largest absolute Gasteiger partial charge is 0.495 e. The molecule has 0 aromatic heterocycles. The van der Waals surface area contributed by atoms with Crippen LogP contribution in [0.4, 0.5) is 11.4 Å². The van der Waals surface area contributed by atoms with Crippen molar-refractivity contribution in [1.82, 2.24) is 10.9 Å². The number of para-hydroxylation sites is 1. The van der Waals surface area contributed by atoms with Crippen LogP contribution in [0.1, 0.15) is 0 Å². The molecule has 2 unspecified atom stereocenters. The number of anilines is 2. The van der Waals surface area contributed by atoms with Gasteiger partial charge in [-0.15, -0.1) is 0 Å². The SMILES string of the molecule is COc1ccc(NC(=O)C2CNNC2S(=O)(=O)Nc2ccccc2)cc1Cl. The third-order valence-corrected chi connectivity index (χ3v) is 5.99. The quantitative estimate of drug-likeness (QED) is 0.578. The van der Waals surface area contributed by atoms with Crippen LogP contribution in [0.5, 0.6) is 5.75 Å². The van der Waals surface area contributed by atoms with Gasteiger partial charge < -0.3 is 10.1 Å². The van der Waals surface area contributed by atoms with Gasteiger partial charge in [-0.3, -0.25) is 14.9 Å². The molecule has 0 aliphatic carbocycles. The molecule has 144 valence electrons. The highest BCUT2D eigenvalue weighted by molar-refractivity contribution is 7.93. The van der Waals surface area contributed by atoms with Crippen LogP contribution in [-0.4, -0.2) is 33.4 Å². The summed E-state index contributed by atoms with van der Waals surface area (Å²) >= 11 is 6.06. The molecule has 10 heteroatoms. The number of rotatable bonds is 6. The van der Waals surface area contributed by atoms with E-state index in [4.69, 9.17) is 16.3 Å². The number of benzene rings is 2. The standard InChI is InChI=1S/C17H19ClN4O4S/c1-26-15-8-7-12(9-14(15)18)20-16(23)13-10-19-21-17(13)27(24,25)22-11-5-3-2-4-6-11/h2-9,13,17,19,21-22H,10H2,1H3,(H,20,23). The molecule has 2 atom stereocenters. The van der Waals surface area contributed by atoms with Crippen molar-refractivity contribution < 1.29 is 17.9 Å². The van der Waals surface area contributed by atoms with Crippen molar-refractivity contribution in [3.8, 4) is 5.75 Å². The first kappa shape index (κ1) is 19.4. The lowest BCUT2D eigenvalue weighted by Gasteiger charge is -2.19. The van der Waals surface area contributed by atoms with E-state index in [9.17, 15) is 13.2 Å². The molecule has 8 nitrogen and oxygen atoms in total. The van der Waals surface area contributed by atoms with E-state index >= 15 is 0 Å². The second-order valence-electron chi connectivity index (χ2n) is 5.90. The van der Waals surface area contributed by atoms with Crippen molar-refractivity contribution in [3.63, 3.8) is 0 Å². The van der Waals surface area contributed by atoms with Crippen molar-refractivity contribution in [2.24, 2.45) is 5.92 Å². The molecule has 3 rings (SSSR count). The van der Waals surface area contributed by atoms with Crippen LogP contribution < -0.4 is 25.6 Å². The highest BCUT2D eigenvalue weighted by atomic mass is 35.5. The Balaban J connectivity index is 1.73. The fourth-order valence-electron chi connectivity index (χ4n) is 2.71. The van der Waals surface area contributed by atoms with Gasteiger partial charge in [0.1, 0.15) is 5.75 Å². The van der Waals surface area contributed by atoms with Crippen LogP contribution >= 0.6 is 11.6 Å². The lowest BCUT2D eigenvalue weighted by molar-refractivity contribution is -0.119. The smallest absolute Gasteiger partial charge is 0.250 e. The molecule has 0 radical (unpaired) electrons. The third-order valence-electron chi connectivity index (χ3n) is 4.06. The number of ether oxygens (including phenoxy) is 1. The molecule has 1 aliphatic rings. The number of hydrogen-bond acceptors (Lipinski definition) is 6. The predicted molar refractivity (Wildman–Crippen MR) is 104 cm³/mol. The minimum atomic E-state index is -3.85. The maximum absolute atomic E-state index is 12.7. The zero-order chi connectivity index (χ0) is 19.4. The van der Waals surface area contributed by atoms with E-state index in [0.29, 0.717) is 22.1 Å². The van der Waals surface area contributed by atoms with Crippen molar-refractivity contribution in [1.29, 1.82) is 0 Å². The van der Waals surface area contributed by atoms with E-state index in [2.05, 4.69) is 20.9 Å². The predicted octanol–water partition coefficient (Wildman–Crippen LogP) is 1.78. The molecule has 1 fully saturated rings. The van der Waals surface area contributed by atoms with E-state index in [0.717, 1.165) is 0 Å². The average Bonchev–Trinajstić information content (AvgIpc) is 3.13. The first-order valence-electron chi connectivity index (χ1n) is 8.10. The van der Waals surface area contributed by atoms with E-state index in [1.54, 1.807) is 48.5 Å². The van der Waals surface area contributed by atoms with Crippen LogP contribution in [-0.2, 0) is 14.8 Å². The van der Waals surface area contributed by atoms with Gasteiger partial charge in [-0.05, 0) is 30.3 Å². The average molecular weight is 411 g/mol. The normalized spacial score (nSPS) is 19.5. The molecule has 0 bridgehead atoms. The number of carbonyl (C=O) groups excluding carboxylic acids is 1. The molecule has 1 saturated heterocycles. The Kier molecular flexibility index (Phi) is 5.85. The van der Waals surface area contributed by atoms with E-state index < -0.39 is 27.2 Å². The summed E-state index contributed by atoms with van der Waals surface area (Å²) in [6.07, 6.45) is 0. The number of halogens is 1. The molecule has 1 heterocycles. The maximum Gasteiger partial charge on any atom is 0.250 e. The van der Waals surface area contributed by atoms with Crippen molar-refractivity contribution >= 4 is 38.9 Å². The Morgan fingerprint density at radius 2 is 1.93 bits per heavy atom. The summed E-state index contributed by atoms with van der Waals surface area (Å²) in [6.45, 7) is 0.163. The molecule has 0 saturated carbocycles. The molecular formula is C17H19ClN4O4S. The maximum atomic E-state index is 12.7. The van der Waals surface area contributed by atoms with Crippen LogP contribution in [0.3, 0.4) is 0 Å². The van der Waals surface area contributed by atoms with Gasteiger partial charge in [0.25, 0.3) is 10.0 Å². The van der Waals surface area contributed by atoms with Gasteiger partial charge in [-0.25, -0.2) is 13.8 Å². The van der Waals surface area contributed by atoms with Gasteiger partial charge in [0.15, 0.2) is 5.37 Å². The fraction of sp³-hybridized carbons (Fsp3) is 0.235. The van der Waals surface area contributed by atoms with Gasteiger partial charge in [-0.1, -0.05) is 29.8 Å². The molecule has 2 aromatic rings. The summed E-state index contributed by atoms with van der Waals surface area (Å²) in [4.78, 5) is 12.6. The van der Waals surface area contributed by atoms with Crippen LogP contribution in [0.15, 0.2) is 48.5 Å². The van der Waals surface area contributed by atoms with Crippen LogP contribution in [0, 0.1) is 5.92 Å². The third kappa shape index (κ3) is 4.51. The number of hydrogen-bond donors (Lipinski definition) is 4. The minimum absolute atomic E-state index is 0.163. The number of sulfonamides is 1. The molecular weight excluding hydrogens is 392 g/mol. The van der Waals surface area contributed by atoms with Crippen molar-refractivity contribution in [2.75, 3.05) is 23.7 Å². The first-order chi connectivity index (χ1) is 12.9. The number of methoxy groups -OCH3 is 1. The zero-order valence-electron chi connectivity index (χ0n) is 14.4. The van der Waals surface area contributed by atoms with Gasteiger partial charge in [-0.2, -0.15) is 0 Å². The van der Waals surface area contributed by atoms with Crippen molar-refractivity contribution in [3.05, 3.63) is 53.6 Å². The number of carbonyl (C=O) groups is 1. The summed E-state index contributed by atoms with van der Waals surface area (Å²) in [7, 11) is -2.36. The highest BCUT2D eigenvalue weighted by Crippen LogP contribution is 2.28. The summed E-state index contributed by atoms with van der Waals surface area (Å²) in [5.74, 6) is -0.810. The Labute approximate surface area is 162 Å². The summed E-state index contributed by atoms with van der Waals surface area (Å²) in [5.41, 5.74) is 6.26. The van der Waals surface area contributed by atoms with E-state index in [1.807, 2.05) is 0 Å². The van der Waals surface area contributed by atoms with Gasteiger partial charge in [0, 0.05) is 17.9 Å². The number of nitrogens with one attached hydrogen (secondary N) is 4. The zero-order valence-corrected chi connectivity index (χ0v) is 16.0.